The quantitative estimate of drug-likeness (QED) is 0.844. The Morgan fingerprint density at radius 1 is 1.18 bits per heavy atom. The Bertz CT molecular complexity index is 340. The first-order valence-electron chi connectivity index (χ1n) is 6.57. The third-order valence-corrected chi connectivity index (χ3v) is 6.71. The minimum absolute atomic E-state index is 0.0602. The van der Waals surface area contributed by atoms with Crippen LogP contribution in [-0.2, 0) is 9.84 Å². The molecule has 1 aliphatic rings. The van der Waals surface area contributed by atoms with Gasteiger partial charge < -0.3 is 5.32 Å². The Morgan fingerprint density at radius 2 is 1.65 bits per heavy atom. The summed E-state index contributed by atoms with van der Waals surface area (Å²) < 4.78 is 23.2. The summed E-state index contributed by atoms with van der Waals surface area (Å²) in [7, 11) is -1.15. The van der Waals surface area contributed by atoms with Gasteiger partial charge in [-0.15, -0.1) is 0 Å². The highest BCUT2D eigenvalue weighted by Gasteiger charge is 2.42. The molecule has 0 spiro atoms. The smallest absolute Gasteiger partial charge is 0.154 e. The van der Waals surface area contributed by atoms with Gasteiger partial charge in [-0.05, 0) is 45.6 Å². The molecule has 0 amide bonds. The lowest BCUT2D eigenvalue weighted by Gasteiger charge is -2.40. The van der Waals surface area contributed by atoms with Crippen LogP contribution in [0.4, 0.5) is 0 Å². The van der Waals surface area contributed by atoms with Crippen molar-refractivity contribution in [3.8, 4) is 0 Å². The molecule has 1 aliphatic carbocycles. The van der Waals surface area contributed by atoms with Gasteiger partial charge in [-0.2, -0.15) is 0 Å². The Balaban J connectivity index is 2.85. The van der Waals surface area contributed by atoms with Gasteiger partial charge in [0.2, 0.25) is 0 Å². The van der Waals surface area contributed by atoms with Crippen molar-refractivity contribution in [2.45, 2.75) is 57.2 Å². The van der Waals surface area contributed by atoms with Gasteiger partial charge in [-0.3, -0.25) is 0 Å². The van der Waals surface area contributed by atoms with Crippen LogP contribution in [0.2, 0.25) is 0 Å². The number of sulfone groups is 1. The summed E-state index contributed by atoms with van der Waals surface area (Å²) in [4.78, 5) is 0. The van der Waals surface area contributed by atoms with Gasteiger partial charge in [0, 0.05) is 12.3 Å². The van der Waals surface area contributed by atoms with Crippen LogP contribution < -0.4 is 5.32 Å². The molecule has 1 saturated carbocycles. The topological polar surface area (TPSA) is 46.2 Å². The average molecular weight is 261 g/mol. The van der Waals surface area contributed by atoms with Crippen molar-refractivity contribution in [2.24, 2.45) is 11.8 Å². The van der Waals surface area contributed by atoms with E-state index in [1.54, 1.807) is 0 Å². The molecule has 0 saturated heterocycles. The molecule has 0 aromatic heterocycles. The molecule has 17 heavy (non-hydrogen) atoms. The van der Waals surface area contributed by atoms with Gasteiger partial charge in [-0.25, -0.2) is 8.42 Å². The van der Waals surface area contributed by atoms with Crippen LogP contribution in [0.3, 0.4) is 0 Å². The monoisotopic (exact) mass is 261 g/mol. The predicted octanol–water partition coefficient (Wildman–Crippen LogP) is 2.22. The Kier molecular flexibility index (Phi) is 4.64. The highest BCUT2D eigenvalue weighted by molar-refractivity contribution is 7.92. The second-order valence-corrected chi connectivity index (χ2v) is 8.76. The largest absolute Gasteiger partial charge is 0.315 e. The molecule has 1 N–H and O–H groups in total. The second-order valence-electron chi connectivity index (χ2n) is 6.16. The van der Waals surface area contributed by atoms with Crippen molar-refractivity contribution in [3.63, 3.8) is 0 Å². The van der Waals surface area contributed by atoms with E-state index < -0.39 is 14.6 Å². The Labute approximate surface area is 106 Å². The third kappa shape index (κ3) is 3.22. The van der Waals surface area contributed by atoms with Gasteiger partial charge >= 0.3 is 0 Å². The van der Waals surface area contributed by atoms with Crippen molar-refractivity contribution in [3.05, 3.63) is 0 Å². The van der Waals surface area contributed by atoms with Crippen LogP contribution in [0.25, 0.3) is 0 Å². The molecular weight excluding hydrogens is 234 g/mol. The molecule has 0 aromatic rings. The maximum absolute atomic E-state index is 11.9. The summed E-state index contributed by atoms with van der Waals surface area (Å²) in [5.41, 5.74) is 0. The first-order valence-corrected chi connectivity index (χ1v) is 8.46. The molecule has 0 aliphatic heterocycles. The summed E-state index contributed by atoms with van der Waals surface area (Å²) in [6, 6.07) is 0.0602. The molecule has 0 bridgehead atoms. The zero-order valence-corrected chi connectivity index (χ0v) is 12.6. The highest BCUT2D eigenvalue weighted by Crippen LogP contribution is 2.36. The Morgan fingerprint density at radius 3 is 2.00 bits per heavy atom. The van der Waals surface area contributed by atoms with Crippen molar-refractivity contribution < 1.29 is 8.42 Å². The lowest BCUT2D eigenvalue weighted by molar-refractivity contribution is 0.211. The zero-order chi connectivity index (χ0) is 13.3. The molecule has 0 heterocycles. The summed E-state index contributed by atoms with van der Waals surface area (Å²) in [5.74, 6) is 1.28. The molecule has 1 rings (SSSR count). The lowest BCUT2D eigenvalue weighted by Crippen LogP contribution is -2.54. The maximum atomic E-state index is 11.9. The van der Waals surface area contributed by atoms with Crippen LogP contribution in [0.5, 0.6) is 0 Å². The zero-order valence-electron chi connectivity index (χ0n) is 11.8. The van der Waals surface area contributed by atoms with Crippen LogP contribution in [0.15, 0.2) is 0 Å². The standard InChI is InChI=1S/C13H27NO2S/c1-10-6-8-11(9-7-10)12(14-4)13(2,3)17(5,15)16/h10-12,14H,6-9H2,1-5H3. The fourth-order valence-electron chi connectivity index (χ4n) is 3.00. The minimum Gasteiger partial charge on any atom is -0.315 e. The third-order valence-electron chi connectivity index (χ3n) is 4.55. The van der Waals surface area contributed by atoms with Crippen molar-refractivity contribution in [1.29, 1.82) is 0 Å². The van der Waals surface area contributed by atoms with Crippen molar-refractivity contribution >= 4 is 9.84 Å². The van der Waals surface area contributed by atoms with E-state index in [2.05, 4.69) is 12.2 Å². The number of hydrogen-bond acceptors (Lipinski definition) is 3. The summed E-state index contributed by atoms with van der Waals surface area (Å²) in [6.45, 7) is 5.98. The minimum atomic E-state index is -3.04. The molecule has 1 unspecified atom stereocenters. The van der Waals surface area contributed by atoms with Gasteiger partial charge in [0.05, 0.1) is 4.75 Å². The Hall–Kier alpha value is -0.0900. The molecule has 1 atom stereocenters. The summed E-state index contributed by atoms with van der Waals surface area (Å²) in [6.07, 6.45) is 6.09. The summed E-state index contributed by atoms with van der Waals surface area (Å²) in [5, 5.41) is 3.25. The number of nitrogens with one attached hydrogen (secondary N) is 1. The normalized spacial score (nSPS) is 29.0. The van der Waals surface area contributed by atoms with E-state index in [9.17, 15) is 8.42 Å². The van der Waals surface area contributed by atoms with Crippen LogP contribution in [-0.4, -0.2) is 32.5 Å². The van der Waals surface area contributed by atoms with E-state index in [4.69, 9.17) is 0 Å². The van der Waals surface area contributed by atoms with E-state index in [0.717, 1.165) is 18.8 Å². The van der Waals surface area contributed by atoms with E-state index in [0.29, 0.717) is 5.92 Å². The fraction of sp³-hybridized carbons (Fsp3) is 1.00. The SMILES string of the molecule is CNC(C1CCC(C)CC1)C(C)(C)S(C)(=O)=O. The average Bonchev–Trinajstić information content (AvgIpc) is 2.20. The second kappa shape index (κ2) is 5.27. The van der Waals surface area contributed by atoms with E-state index in [1.165, 1.54) is 19.1 Å². The van der Waals surface area contributed by atoms with Crippen molar-refractivity contribution in [2.75, 3.05) is 13.3 Å². The lowest BCUT2D eigenvalue weighted by atomic mass is 9.76. The van der Waals surface area contributed by atoms with Gasteiger partial charge in [0.15, 0.2) is 9.84 Å². The molecular formula is C13H27NO2S. The molecule has 102 valence electrons. The first-order chi connectivity index (χ1) is 7.70. The van der Waals surface area contributed by atoms with Crippen molar-refractivity contribution in [1.82, 2.24) is 5.32 Å². The maximum Gasteiger partial charge on any atom is 0.154 e. The summed E-state index contributed by atoms with van der Waals surface area (Å²) >= 11 is 0. The van der Waals surface area contributed by atoms with Crippen LogP contribution in [0, 0.1) is 11.8 Å². The molecule has 0 radical (unpaired) electrons. The van der Waals surface area contributed by atoms with E-state index in [1.807, 2.05) is 20.9 Å². The molecule has 0 aromatic carbocycles. The van der Waals surface area contributed by atoms with Gasteiger partial charge in [0.1, 0.15) is 0 Å². The van der Waals surface area contributed by atoms with Crippen LogP contribution >= 0.6 is 0 Å². The van der Waals surface area contributed by atoms with Crippen LogP contribution in [0.1, 0.15) is 46.5 Å². The predicted molar refractivity (Wildman–Crippen MR) is 72.9 cm³/mol. The molecule has 4 heteroatoms. The number of hydrogen-bond donors (Lipinski definition) is 1. The molecule has 1 fully saturated rings. The highest BCUT2D eigenvalue weighted by atomic mass is 32.2. The van der Waals surface area contributed by atoms with E-state index >= 15 is 0 Å². The fourth-order valence-corrected chi connectivity index (χ4v) is 3.77. The first kappa shape index (κ1) is 15.0. The van der Waals surface area contributed by atoms with E-state index in [-0.39, 0.29) is 6.04 Å². The molecule has 3 nitrogen and oxygen atoms in total. The van der Waals surface area contributed by atoms with Gasteiger partial charge in [-0.1, -0.05) is 19.8 Å². The van der Waals surface area contributed by atoms with Gasteiger partial charge in [0.25, 0.3) is 0 Å². The number of rotatable bonds is 4.